The number of aliphatic hydroxyl groups is 1. The zero-order chi connectivity index (χ0) is 78.3. The van der Waals surface area contributed by atoms with Crippen LogP contribution in [0.2, 0.25) is 5.15 Å². The summed E-state index contributed by atoms with van der Waals surface area (Å²) in [4.78, 5) is 131. The predicted molar refractivity (Wildman–Crippen MR) is 453 cm³/mol. The number of nitrogens with one attached hydrogen (secondary N) is 2. The Morgan fingerprint density at radius 1 is 0.402 bits per heavy atom. The lowest BCUT2D eigenvalue weighted by Crippen LogP contribution is -2.64. The van der Waals surface area contributed by atoms with Crippen molar-refractivity contribution in [3.05, 3.63) is 159 Å². The number of ketones is 2. The first-order chi connectivity index (χ1) is 54.7. The first kappa shape index (κ1) is 83.0. The Labute approximate surface area is 680 Å². The first-order valence-corrected chi connectivity index (χ1v) is 43.9. The summed E-state index contributed by atoms with van der Waals surface area (Å²) in [6, 6.07) is 22.7. The largest absolute Gasteiger partial charge is 0.478 e. The highest BCUT2D eigenvalue weighted by Crippen LogP contribution is 2.31. The zero-order valence-electron chi connectivity index (χ0n) is 62.7. The van der Waals surface area contributed by atoms with E-state index in [0.29, 0.717) is 68.1 Å². The molecule has 14 heterocycles. The van der Waals surface area contributed by atoms with Crippen LogP contribution in [0.4, 0.5) is 17.5 Å². The Hall–Kier alpha value is -8.39. The monoisotopic (exact) mass is 1650 g/mol. The molecule has 4 aromatic carbocycles. The maximum absolute atomic E-state index is 13.2. The molecular weight excluding hydrogens is 1560 g/mol. The number of hydrogen-bond acceptors (Lipinski definition) is 30. The van der Waals surface area contributed by atoms with Crippen molar-refractivity contribution in [2.24, 2.45) is 0 Å². The number of rotatable bonds is 11. The molecule has 0 spiro atoms. The van der Waals surface area contributed by atoms with E-state index in [0.717, 1.165) is 196 Å². The second kappa shape index (κ2) is 41.6. The Bertz CT molecular complexity index is 4680. The number of Topliss-reactive ketones (excluding diaryl/α,β-unsaturated/α-hetero) is 2. The van der Waals surface area contributed by atoms with Crippen molar-refractivity contribution < 1.29 is 39.0 Å². The van der Waals surface area contributed by atoms with Crippen LogP contribution in [-0.4, -0.2) is 316 Å². The zero-order valence-corrected chi connectivity index (χ0v) is 68.4. The maximum Gasteiger partial charge on any atom is 0.335 e. The van der Waals surface area contributed by atoms with Crippen LogP contribution in [0, 0.1) is 0 Å². The maximum atomic E-state index is 13.2. The average Bonchev–Trinajstić information content (AvgIpc) is 1.08. The summed E-state index contributed by atoms with van der Waals surface area (Å²) in [6.45, 7) is 21.8. The summed E-state index contributed by atoms with van der Waals surface area (Å²) in [7, 11) is 1.00. The van der Waals surface area contributed by atoms with Crippen LogP contribution in [0.5, 0.6) is 0 Å². The van der Waals surface area contributed by atoms with Gasteiger partial charge in [-0.15, -0.1) is 22.7 Å². The number of anilines is 3. The minimum atomic E-state index is -0.934. The molecule has 8 aliphatic rings. The van der Waals surface area contributed by atoms with Gasteiger partial charge in [0.05, 0.1) is 27.6 Å². The van der Waals surface area contributed by atoms with Gasteiger partial charge in [0.2, 0.25) is 0 Å². The Morgan fingerprint density at radius 2 is 0.768 bits per heavy atom. The lowest BCUT2D eigenvalue weighted by molar-refractivity contribution is 0.00851. The molecule has 0 aliphatic carbocycles. The van der Waals surface area contributed by atoms with Crippen molar-refractivity contribution in [3.8, 4) is 0 Å². The Morgan fingerprint density at radius 3 is 1.13 bits per heavy atom. The SMILES string of the molecule is C1CSCCN1.CC(=O)c1ccc2c(Cl)ncnc2c1.CC(=O)c1ccc2c(N3CCSCC3)ncnc2c1.CO.O=C(O)c1ccc2c(N3CCSCC3)ncnc2c1.O=C(c1ccc2c(N3CCSCC3)ncnc2c1)N1CC(N2CCN(C(=O)c3nccs3)CC2)C1.O=C(c1nccs1)N1CCN(C2CNC2)CC1. The number of carboxylic acid groups (broad SMARTS) is 1. The van der Waals surface area contributed by atoms with Gasteiger partial charge in [-0.05, 0) is 74.5 Å². The number of nitrogens with zero attached hydrogens (tertiary/aromatic N) is 18. The van der Waals surface area contributed by atoms with Crippen LogP contribution in [0.25, 0.3) is 43.6 Å². The van der Waals surface area contributed by atoms with Crippen molar-refractivity contribution in [1.82, 2.24) is 85.0 Å². The lowest BCUT2D eigenvalue weighted by atomic mass is 10.0. The Kier molecular flexibility index (Phi) is 30.8. The van der Waals surface area contributed by atoms with E-state index in [1.54, 1.807) is 68.4 Å². The molecule has 6 aromatic heterocycles. The van der Waals surface area contributed by atoms with Gasteiger partial charge in [0.15, 0.2) is 21.6 Å². The van der Waals surface area contributed by atoms with Crippen LogP contribution in [0.15, 0.2) is 121 Å². The summed E-state index contributed by atoms with van der Waals surface area (Å²) < 4.78 is 0. The van der Waals surface area contributed by atoms with Crippen LogP contribution in [-0.2, 0) is 0 Å². The molecular formula is C77H91ClN20O8S6. The number of benzene rings is 4. The number of carboxylic acids is 1. The number of piperazine rings is 2. The molecule has 8 aliphatic heterocycles. The van der Waals surface area contributed by atoms with Gasteiger partial charge in [-0.1, -0.05) is 23.7 Å². The predicted octanol–water partition coefficient (Wildman–Crippen LogP) is 8.48. The molecule has 590 valence electrons. The van der Waals surface area contributed by atoms with E-state index >= 15 is 0 Å². The van der Waals surface area contributed by atoms with Crippen molar-refractivity contribution in [2.45, 2.75) is 25.9 Å². The molecule has 0 saturated carbocycles. The van der Waals surface area contributed by atoms with Gasteiger partial charge in [-0.2, -0.15) is 47.0 Å². The first-order valence-electron chi connectivity index (χ1n) is 37.2. The summed E-state index contributed by atoms with van der Waals surface area (Å²) in [5.41, 5.74) is 5.30. The number of carbonyl (C=O) groups excluding carboxylic acids is 5. The third kappa shape index (κ3) is 21.7. The van der Waals surface area contributed by atoms with Gasteiger partial charge < -0.3 is 50.2 Å². The fourth-order valence-corrected chi connectivity index (χ4v) is 18.4. The van der Waals surface area contributed by atoms with E-state index in [2.05, 4.69) is 85.0 Å². The molecule has 0 bridgehead atoms. The van der Waals surface area contributed by atoms with Gasteiger partial charge in [0.1, 0.15) is 47.9 Å². The molecule has 35 heteroatoms. The number of halogens is 1. The quantitative estimate of drug-likeness (QED) is 0.0696. The Balaban J connectivity index is 0.000000132. The summed E-state index contributed by atoms with van der Waals surface area (Å²) >= 11 is 16.6. The highest BCUT2D eigenvalue weighted by molar-refractivity contribution is 8.00. The third-order valence-corrected chi connectivity index (χ3v) is 25.5. The van der Waals surface area contributed by atoms with E-state index in [1.165, 1.54) is 66.8 Å². The fourth-order valence-electron chi connectivity index (χ4n) is 13.5. The van der Waals surface area contributed by atoms with Crippen LogP contribution in [0.3, 0.4) is 0 Å². The van der Waals surface area contributed by atoms with Crippen LogP contribution >= 0.6 is 81.3 Å². The molecule has 4 N–H and O–H groups in total. The van der Waals surface area contributed by atoms with E-state index in [1.807, 2.05) is 109 Å². The number of hydrogen-bond donors (Lipinski definition) is 4. The number of aromatic carboxylic acids is 1. The molecule has 28 nitrogen and oxygen atoms in total. The number of fused-ring (bicyclic) bond motifs is 4. The van der Waals surface area contributed by atoms with E-state index in [-0.39, 0.29) is 34.9 Å². The number of aliphatic hydroxyl groups excluding tert-OH is 1. The molecule has 8 saturated heterocycles. The number of amides is 3. The van der Waals surface area contributed by atoms with Gasteiger partial charge in [-0.25, -0.2) is 54.6 Å². The average molecular weight is 1650 g/mol. The normalized spacial score (nSPS) is 17.5. The second-order valence-electron chi connectivity index (χ2n) is 26.8. The standard InChI is InChI=1S/C24H27N7O2S2.C14H15N3OS.C13H13N3O2S.C11H16N4OS.C10H7ClN2O.C4H9NS.CH4O/c32-23(17-1-2-19-20(13-17)26-16-27-21(19)29-8-11-34-12-9-29)31-14-18(15-31)28-4-6-30(7-5-28)24(33)22-25-3-10-35-22;1-10(18)11-2-3-12-13(8-11)15-9-16-14(12)17-4-6-19-7-5-17;17-13(18)9-1-2-10-11(7-9)14-8-15-12(10)16-3-5-19-6-4-16;16-11(10-13-1-6-17-10)15-4-2-14(3-5-15)9-7-12-8-9;1-6(14)7-2-3-8-9(4-7)12-5-13-10(8)11;1-3-6-4-2-5-1;1-2/h1-3,10,13,16,18H,4-9,11-12,14-15H2;2-3,8-9H,4-7H2,1H3;1-2,7-8H,3-6H2,(H,17,18);1,6,9,12H,2-5,7-8H2;2-5H,1H3;5H,1-4H2;2H,1H3. The van der Waals surface area contributed by atoms with Gasteiger partial charge >= 0.3 is 5.97 Å². The van der Waals surface area contributed by atoms with E-state index in [9.17, 15) is 28.8 Å². The highest BCUT2D eigenvalue weighted by atomic mass is 35.5. The lowest BCUT2D eigenvalue weighted by Gasteiger charge is -2.48. The summed E-state index contributed by atoms with van der Waals surface area (Å²) in [5.74, 6) is 11.5. The minimum Gasteiger partial charge on any atom is -0.478 e. The molecule has 0 radical (unpaired) electrons. The second-order valence-corrected chi connectivity index (χ2v) is 33.8. The fraction of sp³-hybridized carbons (Fsp3) is 0.429. The van der Waals surface area contributed by atoms with Gasteiger partial charge in [0.25, 0.3) is 17.7 Å². The van der Waals surface area contributed by atoms with Crippen molar-refractivity contribution in [3.63, 3.8) is 0 Å². The number of aromatic nitrogens is 10. The van der Waals surface area contributed by atoms with Crippen LogP contribution < -0.4 is 25.3 Å². The molecule has 0 atom stereocenters. The number of thiazole rings is 2. The number of likely N-dealkylation sites (tertiary alicyclic amines) is 1. The highest BCUT2D eigenvalue weighted by Gasteiger charge is 2.38. The summed E-state index contributed by atoms with van der Waals surface area (Å²) in [5, 5.41) is 31.5. The minimum absolute atomic E-state index is 0.0154. The van der Waals surface area contributed by atoms with Gasteiger partial charge in [-0.3, -0.25) is 33.8 Å². The third-order valence-electron chi connectivity index (χ3n) is 19.9. The van der Waals surface area contributed by atoms with Crippen molar-refractivity contribution in [2.75, 3.05) is 199 Å². The van der Waals surface area contributed by atoms with Crippen molar-refractivity contribution in [1.29, 1.82) is 0 Å². The van der Waals surface area contributed by atoms with Crippen molar-refractivity contribution >= 4 is 178 Å². The van der Waals surface area contributed by atoms with E-state index < -0.39 is 5.97 Å². The topological polar surface area (TPSA) is 322 Å². The number of carbonyl (C=O) groups is 6. The molecule has 112 heavy (non-hydrogen) atoms. The molecule has 18 rings (SSSR count). The van der Waals surface area contributed by atoms with E-state index in [4.69, 9.17) is 21.8 Å². The molecule has 8 fully saturated rings. The van der Waals surface area contributed by atoms with Crippen LogP contribution in [0.1, 0.15) is 74.9 Å². The smallest absolute Gasteiger partial charge is 0.335 e. The molecule has 0 unspecified atom stereocenters. The number of thioether (sulfide) groups is 4. The molecule has 3 amide bonds. The van der Waals surface area contributed by atoms with Gasteiger partial charge in [0, 0.05) is 258 Å². The molecule has 10 aromatic rings. The summed E-state index contributed by atoms with van der Waals surface area (Å²) in [6.07, 6.45) is 9.44.